The molecule has 128 valence electrons. The van der Waals surface area contributed by atoms with E-state index in [4.69, 9.17) is 23.2 Å². The molecule has 0 spiro atoms. The van der Waals surface area contributed by atoms with Crippen molar-refractivity contribution in [2.45, 2.75) is 26.3 Å². The summed E-state index contributed by atoms with van der Waals surface area (Å²) in [6, 6.07) is 1.78. The van der Waals surface area contributed by atoms with Crippen LogP contribution in [0.4, 0.5) is 4.79 Å². The highest BCUT2D eigenvalue weighted by atomic mass is 35.5. The number of benzene rings is 1. The number of imide groups is 2. The smallest absolute Gasteiger partial charge is 0.321 e. The summed E-state index contributed by atoms with van der Waals surface area (Å²) in [6.07, 6.45) is 0.696. The first-order valence-electron chi connectivity index (χ1n) is 7.20. The molecule has 9 heteroatoms. The lowest BCUT2D eigenvalue weighted by molar-refractivity contribution is -0.120. The number of amides is 5. The van der Waals surface area contributed by atoms with Gasteiger partial charge in [-0.1, -0.05) is 30.1 Å². The largest absolute Gasteiger partial charge is 0.335 e. The van der Waals surface area contributed by atoms with E-state index in [1.165, 1.54) is 12.1 Å². The van der Waals surface area contributed by atoms with E-state index >= 15 is 0 Å². The fourth-order valence-corrected chi connectivity index (χ4v) is 2.43. The van der Waals surface area contributed by atoms with Gasteiger partial charge in [-0.3, -0.25) is 24.6 Å². The minimum absolute atomic E-state index is 0.0752. The predicted molar refractivity (Wildman–Crippen MR) is 88.3 cm³/mol. The minimum atomic E-state index is -0.775. The number of halogens is 2. The number of hydrogen-bond acceptors (Lipinski definition) is 4. The maximum absolute atomic E-state index is 12.2. The first-order valence-corrected chi connectivity index (χ1v) is 7.95. The molecule has 1 aromatic rings. The molecule has 5 amide bonds. The average molecular weight is 372 g/mol. The van der Waals surface area contributed by atoms with Gasteiger partial charge in [0.2, 0.25) is 5.91 Å². The topological polar surface area (TPSA) is 95.6 Å². The van der Waals surface area contributed by atoms with Crippen molar-refractivity contribution in [3.63, 3.8) is 0 Å². The van der Waals surface area contributed by atoms with Gasteiger partial charge in [-0.15, -0.1) is 0 Å². The molecule has 0 aliphatic carbocycles. The highest BCUT2D eigenvalue weighted by Gasteiger charge is 2.37. The van der Waals surface area contributed by atoms with Crippen molar-refractivity contribution in [1.29, 1.82) is 0 Å². The van der Waals surface area contributed by atoms with Crippen molar-refractivity contribution < 1.29 is 19.2 Å². The number of nitrogens with zero attached hydrogens (tertiary/aromatic N) is 1. The van der Waals surface area contributed by atoms with Crippen LogP contribution in [0.1, 0.15) is 41.0 Å². The van der Waals surface area contributed by atoms with Gasteiger partial charge < -0.3 is 5.32 Å². The Kier molecular flexibility index (Phi) is 5.46. The molecule has 2 rings (SSSR count). The maximum atomic E-state index is 12.2. The summed E-state index contributed by atoms with van der Waals surface area (Å²) in [5.74, 6) is -2.10. The molecule has 0 aromatic heterocycles. The summed E-state index contributed by atoms with van der Waals surface area (Å²) in [6.45, 7) is 3.08. The van der Waals surface area contributed by atoms with Gasteiger partial charge in [-0.25, -0.2) is 4.79 Å². The summed E-state index contributed by atoms with van der Waals surface area (Å²) in [7, 11) is 0. The first kappa shape index (κ1) is 18.2. The Hall–Kier alpha value is -2.12. The van der Waals surface area contributed by atoms with Crippen molar-refractivity contribution in [2.75, 3.05) is 6.54 Å². The molecule has 0 saturated heterocycles. The molecule has 0 saturated carbocycles. The van der Waals surface area contributed by atoms with Gasteiger partial charge in [-0.2, -0.15) is 0 Å². The number of rotatable bonds is 4. The average Bonchev–Trinajstić information content (AvgIpc) is 2.72. The van der Waals surface area contributed by atoms with Crippen LogP contribution in [-0.2, 0) is 4.79 Å². The van der Waals surface area contributed by atoms with Crippen LogP contribution in [0.15, 0.2) is 12.1 Å². The second kappa shape index (κ2) is 7.19. The second-order valence-corrected chi connectivity index (χ2v) is 6.15. The predicted octanol–water partition coefficient (Wildman–Crippen LogP) is 2.21. The molecule has 24 heavy (non-hydrogen) atoms. The highest BCUT2D eigenvalue weighted by molar-refractivity contribution is 6.43. The monoisotopic (exact) mass is 371 g/mol. The van der Waals surface area contributed by atoms with Gasteiger partial charge >= 0.3 is 6.03 Å². The van der Waals surface area contributed by atoms with Crippen LogP contribution in [0.5, 0.6) is 0 Å². The van der Waals surface area contributed by atoms with E-state index in [9.17, 15) is 19.2 Å². The molecule has 1 atom stereocenters. The number of urea groups is 1. The number of carbonyl (C=O) groups excluding carboxylic acids is 4. The third-order valence-corrected chi connectivity index (χ3v) is 4.28. The number of carbonyl (C=O) groups is 4. The number of nitrogens with one attached hydrogen (secondary N) is 2. The molecule has 1 aromatic carbocycles. The SMILES string of the molecule is CC[C@@H](C)NC(=O)NC(=O)CN1C(=O)c2cc(Cl)c(Cl)cc2C1=O. The van der Waals surface area contributed by atoms with Crippen LogP contribution in [0.3, 0.4) is 0 Å². The van der Waals surface area contributed by atoms with E-state index in [0.717, 1.165) is 4.90 Å². The van der Waals surface area contributed by atoms with Gasteiger partial charge in [0, 0.05) is 6.04 Å². The zero-order chi connectivity index (χ0) is 18.0. The minimum Gasteiger partial charge on any atom is -0.335 e. The first-order chi connectivity index (χ1) is 11.2. The highest BCUT2D eigenvalue weighted by Crippen LogP contribution is 2.31. The van der Waals surface area contributed by atoms with E-state index in [1.807, 2.05) is 6.92 Å². The molecule has 0 radical (unpaired) electrons. The Labute approximate surface area is 148 Å². The lowest BCUT2D eigenvalue weighted by Crippen LogP contribution is -2.47. The Morgan fingerprint density at radius 3 is 2.08 bits per heavy atom. The summed E-state index contributed by atoms with van der Waals surface area (Å²) in [5.41, 5.74) is 0.150. The van der Waals surface area contributed by atoms with Gasteiger partial charge in [0.1, 0.15) is 6.54 Å². The lowest BCUT2D eigenvalue weighted by Gasteiger charge is -2.15. The summed E-state index contributed by atoms with van der Waals surface area (Å²) in [4.78, 5) is 48.7. The van der Waals surface area contributed by atoms with E-state index in [2.05, 4.69) is 10.6 Å². The molecule has 7 nitrogen and oxygen atoms in total. The van der Waals surface area contributed by atoms with Gasteiger partial charge in [0.25, 0.3) is 11.8 Å². The van der Waals surface area contributed by atoms with Crippen molar-refractivity contribution in [3.05, 3.63) is 33.3 Å². The molecule has 0 fully saturated rings. The standard InChI is InChI=1S/C15H15Cl2N3O4/c1-3-7(2)18-15(24)19-12(21)6-20-13(22)8-4-10(16)11(17)5-9(8)14(20)23/h4-5,7H,3,6H2,1-2H3,(H2,18,19,21,24)/t7-/m1/s1. The molecular weight excluding hydrogens is 357 g/mol. The Morgan fingerprint density at radius 1 is 1.12 bits per heavy atom. The van der Waals surface area contributed by atoms with E-state index < -0.39 is 30.3 Å². The van der Waals surface area contributed by atoms with Crippen LogP contribution in [0.25, 0.3) is 0 Å². The fourth-order valence-electron chi connectivity index (χ4n) is 2.10. The quantitative estimate of drug-likeness (QED) is 0.793. The zero-order valence-corrected chi connectivity index (χ0v) is 14.5. The normalized spacial score (nSPS) is 14.4. The van der Waals surface area contributed by atoms with Crippen molar-refractivity contribution >= 4 is 47.0 Å². The molecular formula is C15H15Cl2N3O4. The third-order valence-electron chi connectivity index (χ3n) is 3.56. The number of hydrogen-bond donors (Lipinski definition) is 2. The van der Waals surface area contributed by atoms with Gasteiger partial charge in [0.15, 0.2) is 0 Å². The Bertz CT molecular complexity index is 695. The number of fused-ring (bicyclic) bond motifs is 1. The zero-order valence-electron chi connectivity index (χ0n) is 13.0. The van der Waals surface area contributed by atoms with Crippen molar-refractivity contribution in [1.82, 2.24) is 15.5 Å². The van der Waals surface area contributed by atoms with Gasteiger partial charge in [-0.05, 0) is 25.5 Å². The van der Waals surface area contributed by atoms with Crippen LogP contribution < -0.4 is 10.6 Å². The fraction of sp³-hybridized carbons (Fsp3) is 0.333. The molecule has 0 bridgehead atoms. The van der Waals surface area contributed by atoms with E-state index in [1.54, 1.807) is 6.92 Å². The molecule has 1 aliphatic heterocycles. The van der Waals surface area contributed by atoms with Crippen LogP contribution in [-0.4, -0.2) is 41.2 Å². The lowest BCUT2D eigenvalue weighted by atomic mass is 10.1. The van der Waals surface area contributed by atoms with E-state index in [-0.39, 0.29) is 27.2 Å². The Balaban J connectivity index is 2.06. The third kappa shape index (κ3) is 3.68. The van der Waals surface area contributed by atoms with Crippen LogP contribution >= 0.6 is 23.2 Å². The molecule has 1 aliphatic rings. The Morgan fingerprint density at radius 2 is 1.62 bits per heavy atom. The van der Waals surface area contributed by atoms with Crippen molar-refractivity contribution in [3.8, 4) is 0 Å². The van der Waals surface area contributed by atoms with Crippen LogP contribution in [0, 0.1) is 0 Å². The summed E-state index contributed by atoms with van der Waals surface area (Å²) < 4.78 is 0. The molecule has 1 heterocycles. The molecule has 2 N–H and O–H groups in total. The molecule has 0 unspecified atom stereocenters. The van der Waals surface area contributed by atoms with Gasteiger partial charge in [0.05, 0.1) is 21.2 Å². The maximum Gasteiger partial charge on any atom is 0.321 e. The summed E-state index contributed by atoms with van der Waals surface area (Å²) >= 11 is 11.7. The summed E-state index contributed by atoms with van der Waals surface area (Å²) in [5, 5.41) is 4.89. The van der Waals surface area contributed by atoms with Crippen molar-refractivity contribution in [2.24, 2.45) is 0 Å². The van der Waals surface area contributed by atoms with E-state index in [0.29, 0.717) is 6.42 Å². The van der Waals surface area contributed by atoms with Crippen LogP contribution in [0.2, 0.25) is 10.0 Å². The second-order valence-electron chi connectivity index (χ2n) is 5.34.